The minimum Gasteiger partial charge on any atom is -0.465 e. The number of fused-ring (bicyclic) bond motifs is 2. The number of cyclic esters (lactones) is 1. The third-order valence-electron chi connectivity index (χ3n) is 12.8. The maximum absolute atomic E-state index is 13.7. The van der Waals surface area contributed by atoms with Gasteiger partial charge in [0.2, 0.25) is 5.91 Å². The van der Waals surface area contributed by atoms with Gasteiger partial charge in [0.1, 0.15) is 18.8 Å². The van der Waals surface area contributed by atoms with E-state index in [9.17, 15) is 65.4 Å². The number of rotatable bonds is 6. The topological polar surface area (TPSA) is 338 Å². The van der Waals surface area contributed by atoms with E-state index in [1.165, 1.54) is 13.0 Å². The number of hydrogen-bond acceptors (Lipinski definition) is 19. The number of ether oxygens (including phenoxy) is 5. The highest BCUT2D eigenvalue weighted by Gasteiger charge is 2.51. The summed E-state index contributed by atoms with van der Waals surface area (Å²) in [4.78, 5) is 38.6. The molecule has 13 N–H and O–H groups in total. The van der Waals surface area contributed by atoms with Crippen molar-refractivity contribution in [3.63, 3.8) is 0 Å². The summed E-state index contributed by atoms with van der Waals surface area (Å²) < 4.78 is 28.5. The molecule has 1 amide bonds. The fourth-order valence-electron chi connectivity index (χ4n) is 8.46. The maximum atomic E-state index is 13.7. The lowest BCUT2D eigenvalue weighted by Crippen LogP contribution is -2.62. The van der Waals surface area contributed by atoms with Crippen LogP contribution in [-0.2, 0) is 38.1 Å². The first-order valence-electron chi connectivity index (χ1n) is 24.5. The van der Waals surface area contributed by atoms with Crippen LogP contribution in [0.1, 0.15) is 86.0 Å². The Balaban J connectivity index is 1.94. The second-order valence-corrected chi connectivity index (χ2v) is 18.8. The lowest BCUT2D eigenvalue weighted by Gasteiger charge is -2.46. The lowest BCUT2D eigenvalue weighted by atomic mass is 9.82. The minimum absolute atomic E-state index is 0.0404. The molecule has 0 aliphatic carbocycles. The number of nitrogens with one attached hydrogen (secondary N) is 1. The first-order chi connectivity index (χ1) is 33.5. The molecule has 2 saturated heterocycles. The van der Waals surface area contributed by atoms with Gasteiger partial charge in [-0.25, -0.2) is 0 Å². The van der Waals surface area contributed by atoms with E-state index in [1.54, 1.807) is 93.7 Å². The van der Waals surface area contributed by atoms with E-state index in [0.29, 0.717) is 0 Å². The summed E-state index contributed by atoms with van der Waals surface area (Å²) in [5, 5.41) is 112. The Hall–Kier alpha value is -3.97. The van der Waals surface area contributed by atoms with Crippen molar-refractivity contribution in [2.45, 2.75) is 183 Å². The predicted octanol–water partition coefficient (Wildman–Crippen LogP) is 0.306. The molecule has 19 atom stereocenters. The number of hydrogen-bond donors (Lipinski definition) is 12. The molecule has 0 aromatic heterocycles. The molecule has 3 heterocycles. The van der Waals surface area contributed by atoms with Gasteiger partial charge in [-0.05, 0) is 46.5 Å². The Morgan fingerprint density at radius 3 is 1.87 bits per heavy atom. The van der Waals surface area contributed by atoms with Gasteiger partial charge >= 0.3 is 11.9 Å². The Labute approximate surface area is 416 Å². The smallest absolute Gasteiger partial charge is 0.325 e. The van der Waals surface area contributed by atoms with Gasteiger partial charge in [-0.3, -0.25) is 14.4 Å². The van der Waals surface area contributed by atoms with Crippen molar-refractivity contribution in [2.24, 2.45) is 23.5 Å². The van der Waals surface area contributed by atoms with E-state index in [4.69, 9.17) is 29.4 Å². The summed E-state index contributed by atoms with van der Waals surface area (Å²) >= 11 is 0. The number of amides is 1. The first-order valence-corrected chi connectivity index (χ1v) is 24.5. The zero-order chi connectivity index (χ0) is 52.8. The van der Waals surface area contributed by atoms with E-state index in [1.807, 2.05) is 13.0 Å². The van der Waals surface area contributed by atoms with Gasteiger partial charge in [0.15, 0.2) is 12.1 Å². The van der Waals surface area contributed by atoms with Crippen LogP contribution in [0.15, 0.2) is 85.1 Å². The highest BCUT2D eigenvalue weighted by molar-refractivity contribution is 5.84. The molecular formula is C51H80N2O18. The number of esters is 2. The highest BCUT2D eigenvalue weighted by atomic mass is 16.7. The Bertz CT molecular complexity index is 1840. The molecule has 0 saturated carbocycles. The second kappa shape index (κ2) is 30.9. The van der Waals surface area contributed by atoms with E-state index in [0.717, 1.165) is 0 Å². The minimum atomic E-state index is -2.38. The van der Waals surface area contributed by atoms with Crippen LogP contribution < -0.4 is 11.1 Å². The number of allylic oxidation sites excluding steroid dienone is 12. The summed E-state index contributed by atoms with van der Waals surface area (Å²) in [6.45, 7) is 7.80. The maximum Gasteiger partial charge on any atom is 0.325 e. The third-order valence-corrected chi connectivity index (χ3v) is 12.8. The molecule has 3 aliphatic rings. The summed E-state index contributed by atoms with van der Waals surface area (Å²) in [6, 6.07) is -1.17. The Morgan fingerprint density at radius 2 is 1.27 bits per heavy atom. The molecule has 0 aromatic carbocycles. The van der Waals surface area contributed by atoms with Crippen molar-refractivity contribution in [1.29, 1.82) is 0 Å². The zero-order valence-electron chi connectivity index (χ0n) is 41.4. The molecule has 71 heavy (non-hydrogen) atoms. The van der Waals surface area contributed by atoms with Crippen molar-refractivity contribution in [3.8, 4) is 0 Å². The largest absolute Gasteiger partial charge is 0.465 e. The van der Waals surface area contributed by atoms with Gasteiger partial charge < -0.3 is 85.8 Å². The monoisotopic (exact) mass is 1010 g/mol. The molecule has 0 radical (unpaired) electrons. The lowest BCUT2D eigenvalue weighted by molar-refractivity contribution is -0.308. The molecule has 402 valence electrons. The van der Waals surface area contributed by atoms with Crippen molar-refractivity contribution >= 4 is 17.8 Å². The van der Waals surface area contributed by atoms with Crippen LogP contribution in [0.3, 0.4) is 0 Å². The fraction of sp³-hybridized carbons (Fsp3) is 0.667. The average molecular weight is 1010 g/mol. The Kier molecular flexibility index (Phi) is 26.7. The van der Waals surface area contributed by atoms with Crippen molar-refractivity contribution in [2.75, 3.05) is 13.2 Å². The average Bonchev–Trinajstić information content (AvgIpc) is 3.29. The molecule has 20 heteroatoms. The summed E-state index contributed by atoms with van der Waals surface area (Å²) in [5.74, 6) is -6.94. The second-order valence-electron chi connectivity index (χ2n) is 18.8. The van der Waals surface area contributed by atoms with Crippen molar-refractivity contribution in [1.82, 2.24) is 5.32 Å². The first kappa shape index (κ1) is 61.3. The Morgan fingerprint density at radius 1 is 0.704 bits per heavy atom. The van der Waals surface area contributed by atoms with Crippen LogP contribution in [-0.4, -0.2) is 180 Å². The molecule has 0 aromatic rings. The molecular weight excluding hydrogens is 929 g/mol. The summed E-state index contributed by atoms with van der Waals surface area (Å²) in [7, 11) is 0. The summed E-state index contributed by atoms with van der Waals surface area (Å²) in [5.41, 5.74) is 6.08. The predicted molar refractivity (Wildman–Crippen MR) is 259 cm³/mol. The van der Waals surface area contributed by atoms with Crippen LogP contribution in [0.5, 0.6) is 0 Å². The number of carbonyl (C=O) groups is 3. The molecule has 20 nitrogen and oxygen atoms in total. The van der Waals surface area contributed by atoms with Crippen LogP contribution in [0, 0.1) is 17.8 Å². The SMILES string of the molecule is CCOC(=O)CNC(=O)[C@H]1[C@@H]2C[C@@H](O[C@H]3O[C@@H](C)[C@H](O)[C@@H](N)[C@H]3O)/C=C/C=C/C=C/C=C/C=C/C=C/C=C/[C@H](C)[C@@H](O)[C@@H](C)[C@H](C)OC(=O)C[C@H](O)C[C@H](O)C[C@H](O)CC[C@@H](O)[C@H](O)C[C@](O)(C[C@@H]1O)O2. The van der Waals surface area contributed by atoms with Crippen LogP contribution in [0.25, 0.3) is 0 Å². The molecule has 3 rings (SSSR count). The van der Waals surface area contributed by atoms with Gasteiger partial charge in [-0.15, -0.1) is 0 Å². The summed E-state index contributed by atoms with van der Waals surface area (Å²) in [6.07, 6.45) is 3.38. The van der Waals surface area contributed by atoms with E-state index in [2.05, 4.69) is 5.32 Å². The zero-order valence-corrected chi connectivity index (χ0v) is 41.4. The van der Waals surface area contributed by atoms with Crippen molar-refractivity contribution < 1.29 is 89.1 Å². The third kappa shape index (κ3) is 21.2. The van der Waals surface area contributed by atoms with E-state index < -0.39 is 153 Å². The number of aliphatic hydroxyl groups is 10. The van der Waals surface area contributed by atoms with Crippen LogP contribution in [0.4, 0.5) is 0 Å². The van der Waals surface area contributed by atoms with Gasteiger partial charge in [0, 0.05) is 31.1 Å². The number of nitrogens with two attached hydrogens (primary N) is 1. The van der Waals surface area contributed by atoms with Gasteiger partial charge in [0.25, 0.3) is 0 Å². The molecule has 0 spiro atoms. The van der Waals surface area contributed by atoms with Crippen molar-refractivity contribution in [3.05, 3.63) is 85.1 Å². The number of aliphatic hydroxyl groups excluding tert-OH is 9. The molecule has 2 bridgehead atoms. The highest BCUT2D eigenvalue weighted by Crippen LogP contribution is 2.38. The molecule has 2 fully saturated rings. The van der Waals surface area contributed by atoms with Gasteiger partial charge in [-0.2, -0.15) is 0 Å². The normalized spacial score (nSPS) is 42.5. The van der Waals surface area contributed by atoms with Crippen LogP contribution >= 0.6 is 0 Å². The molecule has 3 aliphatic heterocycles. The molecule has 0 unspecified atom stereocenters. The van der Waals surface area contributed by atoms with E-state index in [-0.39, 0.29) is 44.6 Å². The van der Waals surface area contributed by atoms with Gasteiger partial charge in [0.05, 0.1) is 92.1 Å². The quantitative estimate of drug-likeness (QED) is 0.159. The standard InChI is InChI=1S/C51H80N2O18/c1-6-67-43(61)29-53-49(65)44-40(59)28-51(66)27-39(58)38(57)22-21-34(54)23-35(55)24-36(56)25-42(60)68-32(4)31(3)46(62)30(2)19-17-15-13-11-9-7-8-10-12-14-16-18-20-37(26-41(44)71-51)70-50-48(64)45(52)47(63)33(5)69-50/h7-20,30-41,44-48,50,54-59,62-64,66H,6,21-29,52H2,1-5H3,(H,53,65)/b8-7+,11-9+,12-10+,15-13+,16-14+,19-17+,20-18+/t30-,31-,32-,33-,34+,35+,36+,37-,38+,39+,40-,41-,44+,45+,46+,47-,48+,50+,51+/m0/s1. The van der Waals surface area contributed by atoms with Crippen LogP contribution in [0.2, 0.25) is 0 Å². The fourth-order valence-corrected chi connectivity index (χ4v) is 8.46. The van der Waals surface area contributed by atoms with Gasteiger partial charge in [-0.1, -0.05) is 98.9 Å². The van der Waals surface area contributed by atoms with E-state index >= 15 is 0 Å². The number of carbonyl (C=O) groups excluding carboxylic acids is 3.